The van der Waals surface area contributed by atoms with Crippen molar-refractivity contribution in [2.24, 2.45) is 0 Å². The summed E-state index contributed by atoms with van der Waals surface area (Å²) in [6.45, 7) is 5.91. The zero-order valence-corrected chi connectivity index (χ0v) is 25.7. The van der Waals surface area contributed by atoms with Gasteiger partial charge >= 0.3 is 0 Å². The molecule has 43 heavy (non-hydrogen) atoms. The van der Waals surface area contributed by atoms with Gasteiger partial charge in [0.15, 0.2) is 5.60 Å². The molecule has 2 unspecified atom stereocenters. The van der Waals surface area contributed by atoms with Crippen LogP contribution in [0.5, 0.6) is 5.75 Å². The van der Waals surface area contributed by atoms with Crippen LogP contribution in [0, 0.1) is 5.82 Å². The van der Waals surface area contributed by atoms with Crippen LogP contribution in [0.1, 0.15) is 44.9 Å². The molecule has 226 valence electrons. The Morgan fingerprint density at radius 2 is 1.98 bits per heavy atom. The van der Waals surface area contributed by atoms with Gasteiger partial charge in [-0.2, -0.15) is 4.31 Å². The number of halogens is 2. The van der Waals surface area contributed by atoms with Crippen LogP contribution >= 0.6 is 11.6 Å². The predicted octanol–water partition coefficient (Wildman–Crippen LogP) is 6.72. The highest BCUT2D eigenvalue weighted by atomic mass is 35.5. The number of anilines is 2. The normalized spacial score (nSPS) is 17.3. The Hall–Kier alpha value is -3.80. The molecule has 0 radical (unpaired) electrons. The number of nitrogens with one attached hydrogen (secondary N) is 1. The molecule has 1 aliphatic rings. The van der Waals surface area contributed by atoms with Crippen LogP contribution in [0.3, 0.4) is 0 Å². The minimum Gasteiger partial charge on any atom is -0.487 e. The zero-order valence-electron chi connectivity index (χ0n) is 24.1. The Morgan fingerprint density at radius 3 is 2.65 bits per heavy atom. The largest absolute Gasteiger partial charge is 0.487 e. The molecular formula is C31H33ClFN5O4S. The van der Waals surface area contributed by atoms with Gasteiger partial charge < -0.3 is 14.8 Å². The molecule has 5 rings (SSSR count). The van der Waals surface area contributed by atoms with Crippen LogP contribution in [0.15, 0.2) is 73.4 Å². The van der Waals surface area contributed by atoms with Crippen LogP contribution in [0.2, 0.25) is 5.02 Å². The summed E-state index contributed by atoms with van der Waals surface area (Å²) in [7, 11) is -3.50. The summed E-state index contributed by atoms with van der Waals surface area (Å²) in [5.41, 5.74) is 1.52. The maximum Gasteiger partial charge on any atom is 0.214 e. The molecule has 2 atom stereocenters. The van der Waals surface area contributed by atoms with Gasteiger partial charge in [-0.3, -0.25) is 4.98 Å². The smallest absolute Gasteiger partial charge is 0.214 e. The van der Waals surface area contributed by atoms with Crippen molar-refractivity contribution in [3.8, 4) is 5.75 Å². The van der Waals surface area contributed by atoms with Crippen molar-refractivity contribution in [1.82, 2.24) is 19.3 Å². The van der Waals surface area contributed by atoms with Crippen molar-refractivity contribution in [1.29, 1.82) is 0 Å². The number of nitrogens with zero attached hydrogens (tertiary/aromatic N) is 4. The van der Waals surface area contributed by atoms with E-state index in [9.17, 15) is 12.8 Å². The minimum absolute atomic E-state index is 0.00883. The first-order chi connectivity index (χ1) is 20.7. The number of likely N-dealkylation sites (N-methyl/N-ethyl adjacent to an activating group) is 1. The van der Waals surface area contributed by atoms with E-state index in [4.69, 9.17) is 26.1 Å². The molecule has 1 aliphatic heterocycles. The number of hydrogen-bond donors (Lipinski definition) is 1. The Balaban J connectivity index is 1.45. The van der Waals surface area contributed by atoms with Gasteiger partial charge in [-0.05, 0) is 61.4 Å². The Morgan fingerprint density at radius 1 is 1.14 bits per heavy atom. The van der Waals surface area contributed by atoms with Crippen molar-refractivity contribution in [2.45, 2.75) is 51.9 Å². The van der Waals surface area contributed by atoms with Gasteiger partial charge in [-0.15, -0.1) is 0 Å². The number of ether oxygens (including phenoxy) is 2. The molecule has 2 aromatic heterocycles. The number of sulfonamides is 1. The standard InChI is InChI=1S/C31H33ClFN5O4S/c1-4-29(38(5-2)43(39,40)6-3)31(13-8-14-42-31)28-17-24-26(18-34-28)35-20-36-30(24)37-23-11-12-27(25(32)16-23)41-19-21-9-7-10-22(33)15-21/h7-12,14-18,20,29H,4-6,13,19H2,1-3H3,(H,35,36,37). The number of pyridine rings is 1. The molecule has 0 saturated carbocycles. The first kappa shape index (κ1) is 30.7. The van der Waals surface area contributed by atoms with Crippen molar-refractivity contribution >= 4 is 44.0 Å². The molecule has 12 heteroatoms. The third-order valence-corrected chi connectivity index (χ3v) is 9.79. The van der Waals surface area contributed by atoms with E-state index >= 15 is 0 Å². The van der Waals surface area contributed by atoms with Gasteiger partial charge in [-0.1, -0.05) is 37.6 Å². The molecule has 0 amide bonds. The third-order valence-electron chi connectivity index (χ3n) is 7.54. The van der Waals surface area contributed by atoms with Crippen molar-refractivity contribution in [3.05, 3.63) is 95.5 Å². The van der Waals surface area contributed by atoms with E-state index in [2.05, 4.69) is 15.3 Å². The highest BCUT2D eigenvalue weighted by Gasteiger charge is 2.49. The quantitative estimate of drug-likeness (QED) is 0.185. The van der Waals surface area contributed by atoms with Gasteiger partial charge in [-0.25, -0.2) is 22.8 Å². The SMILES string of the molecule is CCC(N(CC)S(=O)(=O)CC)C1(c2cc3c(Nc4ccc(OCc5cccc(F)c5)c(Cl)c4)ncnc3cn2)CC=CO1. The number of benzene rings is 2. The molecule has 4 aromatic rings. The van der Waals surface area contributed by atoms with Crippen LogP contribution < -0.4 is 10.1 Å². The van der Waals surface area contributed by atoms with Crippen LogP contribution in [-0.4, -0.2) is 46.0 Å². The Labute approximate surface area is 255 Å². The maximum absolute atomic E-state index is 13.5. The van der Waals surface area contributed by atoms with E-state index in [1.165, 1.54) is 22.8 Å². The number of rotatable bonds is 12. The highest BCUT2D eigenvalue weighted by Crippen LogP contribution is 2.42. The lowest BCUT2D eigenvalue weighted by molar-refractivity contribution is -0.0271. The lowest BCUT2D eigenvalue weighted by Gasteiger charge is -2.41. The van der Waals surface area contributed by atoms with Crippen LogP contribution in [0.4, 0.5) is 15.9 Å². The summed E-state index contributed by atoms with van der Waals surface area (Å²) in [5, 5.41) is 4.36. The summed E-state index contributed by atoms with van der Waals surface area (Å²) in [6, 6.07) is 12.8. The van der Waals surface area contributed by atoms with Gasteiger partial charge in [0.05, 0.1) is 40.5 Å². The minimum atomic E-state index is -3.50. The summed E-state index contributed by atoms with van der Waals surface area (Å²) < 4.78 is 53.2. The van der Waals surface area contributed by atoms with Crippen LogP contribution in [0.25, 0.3) is 10.9 Å². The number of hydrogen-bond acceptors (Lipinski definition) is 8. The van der Waals surface area contributed by atoms with E-state index in [0.29, 0.717) is 63.8 Å². The van der Waals surface area contributed by atoms with E-state index in [0.717, 1.165) is 0 Å². The average Bonchev–Trinajstić information content (AvgIpc) is 3.50. The lowest BCUT2D eigenvalue weighted by atomic mass is 9.85. The highest BCUT2D eigenvalue weighted by molar-refractivity contribution is 7.89. The molecular weight excluding hydrogens is 593 g/mol. The van der Waals surface area contributed by atoms with Crippen molar-refractivity contribution in [2.75, 3.05) is 17.6 Å². The first-order valence-electron chi connectivity index (χ1n) is 14.1. The molecule has 1 N–H and O–H groups in total. The summed E-state index contributed by atoms with van der Waals surface area (Å²) in [4.78, 5) is 13.6. The molecule has 9 nitrogen and oxygen atoms in total. The molecule has 0 fully saturated rings. The van der Waals surface area contributed by atoms with Gasteiger partial charge in [0.2, 0.25) is 10.0 Å². The topological polar surface area (TPSA) is 107 Å². The fraction of sp³-hybridized carbons (Fsp3) is 0.323. The van der Waals surface area contributed by atoms with Gasteiger partial charge in [0.1, 0.15) is 30.3 Å². The van der Waals surface area contributed by atoms with E-state index < -0.39 is 21.7 Å². The summed E-state index contributed by atoms with van der Waals surface area (Å²) in [6.07, 6.45) is 7.58. The number of fused-ring (bicyclic) bond motifs is 1. The molecule has 3 heterocycles. The maximum atomic E-state index is 13.5. The van der Waals surface area contributed by atoms with E-state index in [1.54, 1.807) is 49.7 Å². The lowest BCUT2D eigenvalue weighted by Crippen LogP contribution is -2.53. The van der Waals surface area contributed by atoms with Crippen molar-refractivity contribution < 1.29 is 22.3 Å². The van der Waals surface area contributed by atoms with Crippen LogP contribution in [-0.2, 0) is 27.0 Å². The molecule has 0 aliphatic carbocycles. The summed E-state index contributed by atoms with van der Waals surface area (Å²) >= 11 is 6.52. The first-order valence-corrected chi connectivity index (χ1v) is 16.1. The van der Waals surface area contributed by atoms with E-state index in [1.807, 2.05) is 26.0 Å². The second-order valence-electron chi connectivity index (χ2n) is 10.1. The Bertz CT molecular complexity index is 1750. The third kappa shape index (κ3) is 6.29. The molecule has 0 bridgehead atoms. The second kappa shape index (κ2) is 12.8. The second-order valence-corrected chi connectivity index (χ2v) is 12.7. The van der Waals surface area contributed by atoms with E-state index in [-0.39, 0.29) is 18.2 Å². The predicted molar refractivity (Wildman–Crippen MR) is 165 cm³/mol. The molecule has 2 aromatic carbocycles. The fourth-order valence-electron chi connectivity index (χ4n) is 5.44. The Kier molecular flexibility index (Phi) is 9.14. The summed E-state index contributed by atoms with van der Waals surface area (Å²) in [5.74, 6) is 0.630. The zero-order chi connectivity index (χ0) is 30.6. The average molecular weight is 626 g/mol. The molecule has 0 saturated heterocycles. The fourth-order valence-corrected chi connectivity index (χ4v) is 7.11. The number of aromatic nitrogens is 3. The van der Waals surface area contributed by atoms with Gasteiger partial charge in [0.25, 0.3) is 0 Å². The van der Waals surface area contributed by atoms with Gasteiger partial charge in [0, 0.05) is 24.0 Å². The van der Waals surface area contributed by atoms with Crippen molar-refractivity contribution in [3.63, 3.8) is 0 Å². The monoisotopic (exact) mass is 625 g/mol. The molecule has 0 spiro atoms.